The van der Waals surface area contributed by atoms with Gasteiger partial charge in [-0.2, -0.15) is 0 Å². The van der Waals surface area contributed by atoms with Crippen LogP contribution in [0.1, 0.15) is 16.7 Å². The van der Waals surface area contributed by atoms with Gasteiger partial charge in [0.1, 0.15) is 6.33 Å². The molecular formula is C17H9Cl2FN2. The standard InChI is InChI=1S/C17H9Cl2FN2/c18-11-3-1-10(2-4-11)17(20)14-6-5-12(19)7-13(14)16-15(17)8-21-9-22-16/h1-9H. The van der Waals surface area contributed by atoms with E-state index in [4.69, 9.17) is 23.2 Å². The van der Waals surface area contributed by atoms with Crippen LogP contribution in [0.15, 0.2) is 55.0 Å². The van der Waals surface area contributed by atoms with Gasteiger partial charge in [-0.3, -0.25) is 0 Å². The molecule has 0 saturated heterocycles. The molecule has 0 aliphatic heterocycles. The molecule has 0 bridgehead atoms. The molecule has 1 aliphatic rings. The number of rotatable bonds is 1. The van der Waals surface area contributed by atoms with Crippen LogP contribution in [0.3, 0.4) is 0 Å². The maximum Gasteiger partial charge on any atom is 0.190 e. The number of halogens is 3. The molecular weight excluding hydrogens is 322 g/mol. The van der Waals surface area contributed by atoms with E-state index < -0.39 is 5.67 Å². The van der Waals surface area contributed by atoms with Gasteiger partial charge in [-0.25, -0.2) is 14.4 Å². The van der Waals surface area contributed by atoms with Crippen LogP contribution in [0.5, 0.6) is 0 Å². The molecule has 2 aromatic carbocycles. The van der Waals surface area contributed by atoms with Crippen LogP contribution >= 0.6 is 23.2 Å². The number of aromatic nitrogens is 2. The van der Waals surface area contributed by atoms with Crippen molar-refractivity contribution in [3.05, 3.63) is 81.7 Å². The molecule has 0 spiro atoms. The second kappa shape index (κ2) is 4.77. The minimum absolute atomic E-state index is 0.426. The van der Waals surface area contributed by atoms with Gasteiger partial charge in [0.05, 0.1) is 5.69 Å². The highest BCUT2D eigenvalue weighted by Crippen LogP contribution is 2.52. The molecule has 1 unspecified atom stereocenters. The van der Waals surface area contributed by atoms with Gasteiger partial charge in [0.2, 0.25) is 0 Å². The van der Waals surface area contributed by atoms with E-state index in [2.05, 4.69) is 9.97 Å². The highest BCUT2D eigenvalue weighted by Gasteiger charge is 2.46. The predicted octanol–water partition coefficient (Wildman–Crippen LogP) is 5.03. The van der Waals surface area contributed by atoms with Crippen molar-refractivity contribution in [3.63, 3.8) is 0 Å². The summed E-state index contributed by atoms with van der Waals surface area (Å²) in [5, 5.41) is 1.11. The lowest BCUT2D eigenvalue weighted by Gasteiger charge is -2.22. The Balaban J connectivity index is 2.06. The molecule has 108 valence electrons. The highest BCUT2D eigenvalue weighted by molar-refractivity contribution is 6.31. The molecule has 4 rings (SSSR count). The zero-order valence-corrected chi connectivity index (χ0v) is 12.7. The van der Waals surface area contributed by atoms with E-state index in [9.17, 15) is 0 Å². The quantitative estimate of drug-likeness (QED) is 0.625. The zero-order chi connectivity index (χ0) is 15.3. The van der Waals surface area contributed by atoms with E-state index in [-0.39, 0.29) is 0 Å². The topological polar surface area (TPSA) is 25.8 Å². The van der Waals surface area contributed by atoms with Gasteiger partial charge in [-0.05, 0) is 29.8 Å². The van der Waals surface area contributed by atoms with Gasteiger partial charge in [0.15, 0.2) is 5.67 Å². The number of hydrogen-bond acceptors (Lipinski definition) is 2. The first-order valence-electron chi connectivity index (χ1n) is 6.66. The first kappa shape index (κ1) is 13.7. The SMILES string of the molecule is FC1(c2ccc(Cl)cc2)c2ccc(Cl)cc2-c2ncncc21. The lowest BCUT2D eigenvalue weighted by Crippen LogP contribution is -2.20. The molecule has 1 atom stereocenters. The predicted molar refractivity (Wildman–Crippen MR) is 84.9 cm³/mol. The van der Waals surface area contributed by atoms with E-state index in [0.29, 0.717) is 38.0 Å². The molecule has 22 heavy (non-hydrogen) atoms. The summed E-state index contributed by atoms with van der Waals surface area (Å²) in [7, 11) is 0. The van der Waals surface area contributed by atoms with Crippen molar-refractivity contribution >= 4 is 23.2 Å². The summed E-state index contributed by atoms with van der Waals surface area (Å²) >= 11 is 12.0. The van der Waals surface area contributed by atoms with Gasteiger partial charge < -0.3 is 0 Å². The summed E-state index contributed by atoms with van der Waals surface area (Å²) in [6.07, 6.45) is 2.93. The molecule has 0 N–H and O–H groups in total. The summed E-state index contributed by atoms with van der Waals surface area (Å²) in [4.78, 5) is 8.23. The third kappa shape index (κ3) is 1.79. The fourth-order valence-electron chi connectivity index (χ4n) is 2.94. The normalized spacial score (nSPS) is 18.9. The molecule has 1 heterocycles. The van der Waals surface area contributed by atoms with Gasteiger partial charge >= 0.3 is 0 Å². The molecule has 0 saturated carbocycles. The Labute approximate surface area is 136 Å². The van der Waals surface area contributed by atoms with E-state index in [1.807, 2.05) is 0 Å². The first-order valence-corrected chi connectivity index (χ1v) is 7.42. The maximum absolute atomic E-state index is 16.1. The van der Waals surface area contributed by atoms with Gasteiger partial charge in [-0.1, -0.05) is 41.4 Å². The van der Waals surface area contributed by atoms with Crippen LogP contribution in [0.4, 0.5) is 4.39 Å². The minimum Gasteiger partial charge on any atom is -0.244 e. The third-order valence-electron chi connectivity index (χ3n) is 3.93. The van der Waals surface area contributed by atoms with Gasteiger partial charge in [0.25, 0.3) is 0 Å². The molecule has 0 radical (unpaired) electrons. The van der Waals surface area contributed by atoms with Crippen molar-refractivity contribution in [1.82, 2.24) is 9.97 Å². The van der Waals surface area contributed by atoms with Crippen LogP contribution in [-0.4, -0.2) is 9.97 Å². The highest BCUT2D eigenvalue weighted by atomic mass is 35.5. The second-order valence-electron chi connectivity index (χ2n) is 5.14. The van der Waals surface area contributed by atoms with Crippen molar-refractivity contribution in [3.8, 4) is 11.3 Å². The molecule has 3 aromatic rings. The number of nitrogens with zero attached hydrogens (tertiary/aromatic N) is 2. The second-order valence-corrected chi connectivity index (χ2v) is 6.01. The molecule has 2 nitrogen and oxygen atoms in total. The van der Waals surface area contributed by atoms with Crippen LogP contribution in [0.2, 0.25) is 10.0 Å². The summed E-state index contributed by atoms with van der Waals surface area (Å²) in [5.41, 5.74) is 0.909. The maximum atomic E-state index is 16.1. The van der Waals surface area contributed by atoms with Crippen molar-refractivity contribution in [2.75, 3.05) is 0 Å². The Morgan fingerprint density at radius 3 is 2.41 bits per heavy atom. The number of benzene rings is 2. The third-order valence-corrected chi connectivity index (χ3v) is 4.42. The largest absolute Gasteiger partial charge is 0.244 e. The molecule has 5 heteroatoms. The Kier molecular flexibility index (Phi) is 2.96. The van der Waals surface area contributed by atoms with Crippen molar-refractivity contribution in [2.24, 2.45) is 0 Å². The first-order chi connectivity index (χ1) is 10.6. The van der Waals surface area contributed by atoms with E-state index >= 15 is 4.39 Å². The van der Waals surface area contributed by atoms with Crippen LogP contribution in [0, 0.1) is 0 Å². The summed E-state index contributed by atoms with van der Waals surface area (Å²) in [6, 6.07) is 11.8. The van der Waals surface area contributed by atoms with Gasteiger partial charge in [-0.15, -0.1) is 0 Å². The van der Waals surface area contributed by atoms with Crippen LogP contribution < -0.4 is 0 Å². The van der Waals surface area contributed by atoms with Gasteiger partial charge in [0, 0.05) is 32.9 Å². The Hall–Kier alpha value is -1.97. The fourth-order valence-corrected chi connectivity index (χ4v) is 3.24. The number of alkyl halides is 1. The summed E-state index contributed by atoms with van der Waals surface area (Å²) in [5.74, 6) is 0. The molecule has 0 fully saturated rings. The fraction of sp³-hybridized carbons (Fsp3) is 0.0588. The summed E-state index contributed by atoms with van der Waals surface area (Å²) < 4.78 is 16.1. The van der Waals surface area contributed by atoms with Crippen molar-refractivity contribution < 1.29 is 4.39 Å². The summed E-state index contributed by atoms with van der Waals surface area (Å²) in [6.45, 7) is 0. The van der Waals surface area contributed by atoms with Crippen molar-refractivity contribution in [1.29, 1.82) is 0 Å². The zero-order valence-electron chi connectivity index (χ0n) is 11.2. The average Bonchev–Trinajstić information content (AvgIpc) is 2.79. The van der Waals surface area contributed by atoms with E-state index in [0.717, 1.165) is 0 Å². The molecule has 1 aromatic heterocycles. The average molecular weight is 331 g/mol. The van der Waals surface area contributed by atoms with Crippen molar-refractivity contribution in [2.45, 2.75) is 5.67 Å². The van der Waals surface area contributed by atoms with Crippen LogP contribution in [0.25, 0.3) is 11.3 Å². The lowest BCUT2D eigenvalue weighted by atomic mass is 9.87. The minimum atomic E-state index is -1.80. The Morgan fingerprint density at radius 2 is 1.64 bits per heavy atom. The molecule has 0 amide bonds. The lowest BCUT2D eigenvalue weighted by molar-refractivity contribution is 0.287. The smallest absolute Gasteiger partial charge is 0.190 e. The molecule has 1 aliphatic carbocycles. The van der Waals surface area contributed by atoms with E-state index in [1.54, 1.807) is 42.5 Å². The monoisotopic (exact) mass is 330 g/mol. The Bertz CT molecular complexity index is 880. The van der Waals surface area contributed by atoms with E-state index in [1.165, 1.54) is 12.5 Å². The number of fused-ring (bicyclic) bond motifs is 3. The van der Waals surface area contributed by atoms with Crippen LogP contribution in [-0.2, 0) is 5.67 Å². The number of hydrogen-bond donors (Lipinski definition) is 0. The Morgan fingerprint density at radius 1 is 0.909 bits per heavy atom.